The maximum atomic E-state index is 12.2. The molecule has 0 spiro atoms. The first kappa shape index (κ1) is 20.9. The first-order chi connectivity index (χ1) is 13.5. The molecule has 1 aromatic heterocycles. The lowest BCUT2D eigenvalue weighted by molar-refractivity contribution is -0.119. The summed E-state index contributed by atoms with van der Waals surface area (Å²) in [7, 11) is 0. The predicted molar refractivity (Wildman–Crippen MR) is 117 cm³/mol. The molecule has 9 heteroatoms. The highest BCUT2D eigenvalue weighted by molar-refractivity contribution is 9.10. The molecule has 0 atom stereocenters. The molecular formula is C19H14BrClN2O3S2. The second-order valence-electron chi connectivity index (χ2n) is 5.52. The lowest BCUT2D eigenvalue weighted by atomic mass is 10.2. The van der Waals surface area contributed by atoms with Gasteiger partial charge in [-0.15, -0.1) is 23.1 Å². The van der Waals surface area contributed by atoms with E-state index in [1.165, 1.54) is 23.1 Å². The van der Waals surface area contributed by atoms with E-state index in [0.717, 1.165) is 20.6 Å². The number of aromatic nitrogens is 1. The van der Waals surface area contributed by atoms with E-state index in [4.69, 9.17) is 16.3 Å². The van der Waals surface area contributed by atoms with Crippen LogP contribution in [0.1, 0.15) is 10.4 Å². The third kappa shape index (κ3) is 5.35. The molecule has 5 nitrogen and oxygen atoms in total. The van der Waals surface area contributed by atoms with Crippen LogP contribution in [0.15, 0.2) is 57.2 Å². The minimum atomic E-state index is -0.648. The summed E-state index contributed by atoms with van der Waals surface area (Å²) in [6.45, 7) is -0.426. The van der Waals surface area contributed by atoms with Gasteiger partial charge in [0, 0.05) is 20.3 Å². The third-order valence-electron chi connectivity index (χ3n) is 3.60. The smallest absolute Gasteiger partial charge is 0.340 e. The lowest BCUT2D eigenvalue weighted by Gasteiger charge is -2.07. The van der Waals surface area contributed by atoms with Gasteiger partial charge in [0.25, 0.3) is 5.91 Å². The number of nitrogens with one attached hydrogen (secondary N) is 1. The number of amides is 1. The zero-order valence-corrected chi connectivity index (χ0v) is 18.5. The van der Waals surface area contributed by atoms with E-state index in [0.29, 0.717) is 5.13 Å². The molecule has 0 aliphatic carbocycles. The molecule has 3 rings (SSSR count). The van der Waals surface area contributed by atoms with Crippen molar-refractivity contribution >= 4 is 67.6 Å². The number of benzene rings is 2. The Morgan fingerprint density at radius 3 is 2.86 bits per heavy atom. The van der Waals surface area contributed by atoms with Crippen LogP contribution < -0.4 is 5.32 Å². The van der Waals surface area contributed by atoms with Crippen molar-refractivity contribution in [2.75, 3.05) is 18.2 Å². The van der Waals surface area contributed by atoms with Crippen LogP contribution in [0.2, 0.25) is 5.02 Å². The van der Waals surface area contributed by atoms with Crippen molar-refractivity contribution in [2.45, 2.75) is 4.90 Å². The fourth-order valence-electron chi connectivity index (χ4n) is 2.26. The van der Waals surface area contributed by atoms with Gasteiger partial charge in [0.05, 0.1) is 16.3 Å². The summed E-state index contributed by atoms with van der Waals surface area (Å²) in [4.78, 5) is 29.6. The Kier molecular flexibility index (Phi) is 7.12. The molecule has 2 aromatic carbocycles. The van der Waals surface area contributed by atoms with Gasteiger partial charge in [0.1, 0.15) is 0 Å². The number of rotatable bonds is 6. The number of nitrogens with zero attached hydrogens (tertiary/aromatic N) is 1. The summed E-state index contributed by atoms with van der Waals surface area (Å²) in [5.74, 6) is -1.12. The molecule has 0 aliphatic heterocycles. The Bertz CT molecular complexity index is 1030. The number of thiazole rings is 1. The Labute approximate surface area is 183 Å². The molecule has 1 N–H and O–H groups in total. The number of halogens is 2. The number of thioether (sulfide) groups is 1. The normalized spacial score (nSPS) is 10.5. The molecule has 3 aromatic rings. The van der Waals surface area contributed by atoms with Crippen LogP contribution in [0.25, 0.3) is 11.3 Å². The van der Waals surface area contributed by atoms with Crippen molar-refractivity contribution in [1.82, 2.24) is 4.98 Å². The largest absolute Gasteiger partial charge is 0.452 e. The average Bonchev–Trinajstić information content (AvgIpc) is 3.15. The van der Waals surface area contributed by atoms with Crippen LogP contribution in [0.3, 0.4) is 0 Å². The zero-order chi connectivity index (χ0) is 20.1. The van der Waals surface area contributed by atoms with Crippen molar-refractivity contribution in [3.8, 4) is 11.3 Å². The van der Waals surface area contributed by atoms with E-state index in [9.17, 15) is 9.59 Å². The van der Waals surface area contributed by atoms with E-state index >= 15 is 0 Å². The maximum absolute atomic E-state index is 12.2. The van der Waals surface area contributed by atoms with Crippen LogP contribution in [0, 0.1) is 0 Å². The van der Waals surface area contributed by atoms with Crippen molar-refractivity contribution in [1.29, 1.82) is 0 Å². The summed E-state index contributed by atoms with van der Waals surface area (Å²) < 4.78 is 6.02. The fourth-order valence-corrected chi connectivity index (χ4v) is 4.03. The molecular weight excluding hydrogens is 484 g/mol. The highest BCUT2D eigenvalue weighted by atomic mass is 79.9. The van der Waals surface area contributed by atoms with Gasteiger partial charge in [-0.3, -0.25) is 10.1 Å². The molecule has 28 heavy (non-hydrogen) atoms. The highest BCUT2D eigenvalue weighted by Gasteiger charge is 2.15. The van der Waals surface area contributed by atoms with Crippen LogP contribution in [0.5, 0.6) is 0 Å². The molecule has 0 radical (unpaired) electrons. The topological polar surface area (TPSA) is 68.3 Å². The Morgan fingerprint density at radius 2 is 2.11 bits per heavy atom. The molecule has 0 bridgehead atoms. The standard InChI is InChI=1S/C19H14BrClN2O3S2/c1-27-13-5-6-15(21)14(8-13)18(25)26-9-17(24)23-19-22-16(10-28-19)11-3-2-4-12(20)7-11/h2-8,10H,9H2,1H3,(H,22,23,24). The first-order valence-electron chi connectivity index (χ1n) is 7.98. The van der Waals surface area contributed by atoms with Gasteiger partial charge in [-0.25, -0.2) is 9.78 Å². The van der Waals surface area contributed by atoms with Gasteiger partial charge in [-0.05, 0) is 36.6 Å². The fraction of sp³-hybridized carbons (Fsp3) is 0.105. The number of hydrogen-bond acceptors (Lipinski definition) is 6. The van der Waals surface area contributed by atoms with Gasteiger partial charge in [-0.2, -0.15) is 0 Å². The summed E-state index contributed by atoms with van der Waals surface area (Å²) in [6, 6.07) is 12.8. The summed E-state index contributed by atoms with van der Waals surface area (Å²) >= 11 is 12.2. The first-order valence-corrected chi connectivity index (χ1v) is 11.3. The zero-order valence-electron chi connectivity index (χ0n) is 14.6. The van der Waals surface area contributed by atoms with E-state index in [-0.39, 0.29) is 10.6 Å². The number of anilines is 1. The summed E-state index contributed by atoms with van der Waals surface area (Å²) in [6.07, 6.45) is 1.89. The van der Waals surface area contributed by atoms with E-state index in [1.807, 2.05) is 42.0 Å². The van der Waals surface area contributed by atoms with Crippen molar-refractivity contribution in [3.05, 3.63) is 62.9 Å². The quantitative estimate of drug-likeness (QED) is 0.347. The van der Waals surface area contributed by atoms with Gasteiger partial charge in [0.15, 0.2) is 11.7 Å². The Hall–Kier alpha value is -1.87. The minimum absolute atomic E-state index is 0.229. The SMILES string of the molecule is CSc1ccc(Cl)c(C(=O)OCC(=O)Nc2nc(-c3cccc(Br)c3)cs2)c1. The second kappa shape index (κ2) is 9.56. The molecule has 0 unspecified atom stereocenters. The van der Waals surface area contributed by atoms with Crippen LogP contribution in [0.4, 0.5) is 5.13 Å². The van der Waals surface area contributed by atoms with Crippen molar-refractivity contribution in [2.24, 2.45) is 0 Å². The van der Waals surface area contributed by atoms with Crippen LogP contribution >= 0.6 is 50.6 Å². The molecule has 0 saturated heterocycles. The number of esters is 1. The number of carbonyl (C=O) groups is 2. The van der Waals surface area contributed by atoms with Gasteiger partial charge < -0.3 is 4.74 Å². The lowest BCUT2D eigenvalue weighted by Crippen LogP contribution is -2.21. The molecule has 144 valence electrons. The predicted octanol–water partition coefficient (Wildman–Crippen LogP) is 5.74. The Morgan fingerprint density at radius 1 is 1.29 bits per heavy atom. The molecule has 0 fully saturated rings. The summed E-state index contributed by atoms with van der Waals surface area (Å²) in [5.41, 5.74) is 1.91. The maximum Gasteiger partial charge on any atom is 0.340 e. The van der Waals surface area contributed by atoms with Gasteiger partial charge >= 0.3 is 5.97 Å². The van der Waals surface area contributed by atoms with E-state index in [2.05, 4.69) is 26.2 Å². The minimum Gasteiger partial charge on any atom is -0.452 e. The van der Waals surface area contributed by atoms with Crippen molar-refractivity contribution in [3.63, 3.8) is 0 Å². The van der Waals surface area contributed by atoms with E-state index in [1.54, 1.807) is 12.1 Å². The number of hydrogen-bond donors (Lipinski definition) is 1. The van der Waals surface area contributed by atoms with Crippen LogP contribution in [-0.2, 0) is 9.53 Å². The highest BCUT2D eigenvalue weighted by Crippen LogP contribution is 2.27. The van der Waals surface area contributed by atoms with E-state index < -0.39 is 18.5 Å². The molecule has 0 saturated carbocycles. The second-order valence-corrected chi connectivity index (χ2v) is 8.58. The summed E-state index contributed by atoms with van der Waals surface area (Å²) in [5, 5.41) is 5.19. The van der Waals surface area contributed by atoms with Crippen LogP contribution in [-0.4, -0.2) is 29.7 Å². The molecule has 0 aliphatic rings. The number of ether oxygens (including phenoxy) is 1. The third-order valence-corrected chi connectivity index (χ3v) is 5.90. The van der Waals surface area contributed by atoms with Gasteiger partial charge in [0.2, 0.25) is 0 Å². The van der Waals surface area contributed by atoms with Gasteiger partial charge in [-0.1, -0.05) is 39.7 Å². The average molecular weight is 498 g/mol. The molecule has 1 heterocycles. The monoisotopic (exact) mass is 496 g/mol. The number of carbonyl (C=O) groups excluding carboxylic acids is 2. The van der Waals surface area contributed by atoms with Crippen molar-refractivity contribution < 1.29 is 14.3 Å². The Balaban J connectivity index is 1.58. The molecule has 1 amide bonds.